The van der Waals surface area contributed by atoms with Crippen molar-refractivity contribution in [2.75, 3.05) is 13.2 Å². The van der Waals surface area contributed by atoms with Crippen LogP contribution >= 0.6 is 0 Å². The van der Waals surface area contributed by atoms with E-state index in [1.807, 2.05) is 25.2 Å². The van der Waals surface area contributed by atoms with Gasteiger partial charge in [0.2, 0.25) is 0 Å². The van der Waals surface area contributed by atoms with E-state index in [1.54, 1.807) is 0 Å². The number of allylic oxidation sites excluding steroid dienone is 6. The fourth-order valence-corrected chi connectivity index (χ4v) is 1.30. The molecule has 0 saturated carbocycles. The van der Waals surface area contributed by atoms with Crippen molar-refractivity contribution < 1.29 is 9.47 Å². The second-order valence-corrected chi connectivity index (χ2v) is 5.66. The number of rotatable bonds is 8. The Labute approximate surface area is 117 Å². The van der Waals surface area contributed by atoms with E-state index in [0.717, 1.165) is 24.4 Å². The van der Waals surface area contributed by atoms with Crippen LogP contribution in [-0.4, -0.2) is 19.3 Å². The molecule has 0 spiro atoms. The molecule has 0 amide bonds. The fourth-order valence-electron chi connectivity index (χ4n) is 1.30. The van der Waals surface area contributed by atoms with Crippen molar-refractivity contribution in [2.24, 2.45) is 5.41 Å². The van der Waals surface area contributed by atoms with Crippen LogP contribution in [0.1, 0.15) is 34.1 Å². The van der Waals surface area contributed by atoms with Crippen LogP contribution in [0.25, 0.3) is 0 Å². The van der Waals surface area contributed by atoms with Gasteiger partial charge in [0.1, 0.15) is 18.5 Å². The molecule has 2 nitrogen and oxygen atoms in total. The molecule has 0 aromatic heterocycles. The summed E-state index contributed by atoms with van der Waals surface area (Å²) < 4.78 is 10.8. The molecule has 1 aliphatic heterocycles. The molecule has 0 aliphatic carbocycles. The second kappa shape index (κ2) is 7.34. The Morgan fingerprint density at radius 3 is 2.58 bits per heavy atom. The first kappa shape index (κ1) is 15.8. The summed E-state index contributed by atoms with van der Waals surface area (Å²) in [5.41, 5.74) is 1.19. The molecule has 1 saturated heterocycles. The van der Waals surface area contributed by atoms with Gasteiger partial charge in [-0.05, 0) is 30.4 Å². The Kier molecular flexibility index (Phi) is 6.10. The Balaban J connectivity index is 2.47. The topological polar surface area (TPSA) is 21.8 Å². The number of ether oxygens (including phenoxy) is 2. The molecule has 0 aromatic carbocycles. The lowest BCUT2D eigenvalue weighted by Gasteiger charge is -2.15. The maximum Gasteiger partial charge on any atom is 0.121 e. The van der Waals surface area contributed by atoms with Gasteiger partial charge in [-0.1, -0.05) is 51.7 Å². The van der Waals surface area contributed by atoms with Crippen LogP contribution in [0.4, 0.5) is 0 Å². The highest BCUT2D eigenvalue weighted by atomic mass is 16.6. The van der Waals surface area contributed by atoms with E-state index in [2.05, 4.69) is 39.5 Å². The van der Waals surface area contributed by atoms with Crippen molar-refractivity contribution in [1.29, 1.82) is 0 Å². The van der Waals surface area contributed by atoms with Gasteiger partial charge in [-0.3, -0.25) is 0 Å². The summed E-state index contributed by atoms with van der Waals surface area (Å²) in [6, 6.07) is 0. The van der Waals surface area contributed by atoms with Gasteiger partial charge in [0.05, 0.1) is 6.61 Å². The Morgan fingerprint density at radius 1 is 1.37 bits per heavy atom. The quantitative estimate of drug-likeness (QED) is 0.367. The third-order valence-corrected chi connectivity index (χ3v) is 3.18. The number of hydrogen-bond donors (Lipinski definition) is 0. The molecule has 1 atom stereocenters. The molecule has 0 N–H and O–H groups in total. The van der Waals surface area contributed by atoms with Crippen molar-refractivity contribution in [3.63, 3.8) is 0 Å². The van der Waals surface area contributed by atoms with Crippen molar-refractivity contribution >= 4 is 0 Å². The summed E-state index contributed by atoms with van der Waals surface area (Å²) in [5.74, 6) is 0.829. The summed E-state index contributed by atoms with van der Waals surface area (Å²) in [6.45, 7) is 13.9. The minimum atomic E-state index is 0.255. The molecule has 1 unspecified atom stereocenters. The first-order valence-corrected chi connectivity index (χ1v) is 6.91. The lowest BCUT2D eigenvalue weighted by atomic mass is 9.90. The van der Waals surface area contributed by atoms with E-state index in [0.29, 0.717) is 6.61 Å². The molecular weight excluding hydrogens is 236 g/mol. The van der Waals surface area contributed by atoms with E-state index in [1.165, 1.54) is 0 Å². The third kappa shape index (κ3) is 7.02. The zero-order chi connectivity index (χ0) is 14.3. The Hall–Kier alpha value is -1.28. The Morgan fingerprint density at radius 2 is 2.05 bits per heavy atom. The smallest absolute Gasteiger partial charge is 0.121 e. The highest BCUT2D eigenvalue weighted by Gasteiger charge is 2.23. The molecule has 19 heavy (non-hydrogen) atoms. The van der Waals surface area contributed by atoms with Gasteiger partial charge < -0.3 is 9.47 Å². The molecule has 2 heteroatoms. The van der Waals surface area contributed by atoms with Gasteiger partial charge in [-0.25, -0.2) is 0 Å². The first-order valence-electron chi connectivity index (χ1n) is 6.91. The lowest BCUT2D eigenvalue weighted by molar-refractivity contribution is 0.189. The zero-order valence-corrected chi connectivity index (χ0v) is 12.6. The Bertz CT molecular complexity index is 382. The summed E-state index contributed by atoms with van der Waals surface area (Å²) in [7, 11) is 0. The van der Waals surface area contributed by atoms with E-state index < -0.39 is 0 Å². The van der Waals surface area contributed by atoms with Crippen LogP contribution in [-0.2, 0) is 9.47 Å². The van der Waals surface area contributed by atoms with Gasteiger partial charge >= 0.3 is 0 Å². The molecular formula is C17H26O2. The minimum absolute atomic E-state index is 0.255. The maximum absolute atomic E-state index is 5.66. The fraction of sp³-hybridized carbons (Fsp3) is 0.529. The zero-order valence-electron chi connectivity index (χ0n) is 12.6. The minimum Gasteiger partial charge on any atom is -0.491 e. The van der Waals surface area contributed by atoms with Gasteiger partial charge in [-0.15, -0.1) is 0 Å². The van der Waals surface area contributed by atoms with Crippen molar-refractivity contribution in [2.45, 2.75) is 40.2 Å². The molecule has 1 aliphatic rings. The van der Waals surface area contributed by atoms with Crippen molar-refractivity contribution in [3.05, 3.63) is 48.3 Å². The van der Waals surface area contributed by atoms with Crippen molar-refractivity contribution in [3.8, 4) is 0 Å². The third-order valence-electron chi connectivity index (χ3n) is 3.18. The predicted octanol–water partition coefficient (Wildman–Crippen LogP) is 4.41. The van der Waals surface area contributed by atoms with E-state index >= 15 is 0 Å². The lowest BCUT2D eigenvalue weighted by Crippen LogP contribution is -2.03. The number of hydrogen-bond acceptors (Lipinski definition) is 2. The van der Waals surface area contributed by atoms with Crippen LogP contribution in [0, 0.1) is 5.41 Å². The normalized spacial score (nSPS) is 20.2. The molecule has 1 heterocycles. The van der Waals surface area contributed by atoms with Crippen LogP contribution in [0.2, 0.25) is 0 Å². The molecule has 0 aromatic rings. The predicted molar refractivity (Wildman–Crippen MR) is 80.9 cm³/mol. The SMILES string of the molecule is C=C(C)\C(=C/C=C\C=C\C(C)(C)CC)OCC1CO1. The molecule has 0 radical (unpaired) electrons. The first-order chi connectivity index (χ1) is 8.94. The standard InChI is InChI=1S/C17H26O2/c1-6-17(4,5)11-9-7-8-10-16(14(2)3)19-13-15-12-18-15/h7-11,15H,2,6,12-13H2,1,3-5H3/b8-7-,11-9+,16-10+. The van der Waals surface area contributed by atoms with E-state index in [4.69, 9.17) is 9.47 Å². The van der Waals surface area contributed by atoms with Gasteiger partial charge in [0.25, 0.3) is 0 Å². The van der Waals surface area contributed by atoms with Crippen molar-refractivity contribution in [1.82, 2.24) is 0 Å². The average molecular weight is 262 g/mol. The van der Waals surface area contributed by atoms with E-state index in [9.17, 15) is 0 Å². The summed E-state index contributed by atoms with van der Waals surface area (Å²) >= 11 is 0. The maximum atomic E-state index is 5.66. The average Bonchev–Trinajstić information content (AvgIpc) is 3.16. The summed E-state index contributed by atoms with van der Waals surface area (Å²) in [4.78, 5) is 0. The van der Waals surface area contributed by atoms with E-state index in [-0.39, 0.29) is 11.5 Å². The largest absolute Gasteiger partial charge is 0.491 e. The molecule has 1 fully saturated rings. The van der Waals surface area contributed by atoms with Crippen LogP contribution < -0.4 is 0 Å². The van der Waals surface area contributed by atoms with Gasteiger partial charge in [0, 0.05) is 0 Å². The monoisotopic (exact) mass is 262 g/mol. The second-order valence-electron chi connectivity index (χ2n) is 5.66. The summed E-state index contributed by atoms with van der Waals surface area (Å²) in [6.07, 6.45) is 11.7. The number of epoxide rings is 1. The summed E-state index contributed by atoms with van der Waals surface area (Å²) in [5, 5.41) is 0. The molecule has 1 rings (SSSR count). The highest BCUT2D eigenvalue weighted by Crippen LogP contribution is 2.21. The van der Waals surface area contributed by atoms with Crippen LogP contribution in [0.3, 0.4) is 0 Å². The molecule has 0 bridgehead atoms. The van der Waals surface area contributed by atoms with Crippen LogP contribution in [0.5, 0.6) is 0 Å². The van der Waals surface area contributed by atoms with Crippen LogP contribution in [0.15, 0.2) is 48.3 Å². The van der Waals surface area contributed by atoms with Gasteiger partial charge in [-0.2, -0.15) is 0 Å². The van der Waals surface area contributed by atoms with Gasteiger partial charge in [0.15, 0.2) is 0 Å². The highest BCUT2D eigenvalue weighted by molar-refractivity contribution is 5.26. The molecule has 106 valence electrons.